The van der Waals surface area contributed by atoms with Crippen LogP contribution in [0.4, 0.5) is 0 Å². The van der Waals surface area contributed by atoms with Gasteiger partial charge >= 0.3 is 5.63 Å². The van der Waals surface area contributed by atoms with Gasteiger partial charge in [-0.25, -0.2) is 4.79 Å². The minimum atomic E-state index is -0.423. The molecule has 2 rings (SSSR count). The van der Waals surface area contributed by atoms with Crippen molar-refractivity contribution in [2.75, 3.05) is 13.2 Å². The summed E-state index contributed by atoms with van der Waals surface area (Å²) in [6, 6.07) is 8.07. The van der Waals surface area contributed by atoms with Gasteiger partial charge < -0.3 is 14.5 Å². The van der Waals surface area contributed by atoms with Crippen molar-refractivity contribution < 1.29 is 13.9 Å². The molecule has 0 fully saturated rings. The predicted octanol–water partition coefficient (Wildman–Crippen LogP) is 1.47. The molecule has 1 N–H and O–H groups in total. The lowest BCUT2D eigenvalue weighted by Gasteiger charge is -2.06. The van der Waals surface area contributed by atoms with Gasteiger partial charge in [0, 0.05) is 24.1 Å². The second-order valence-corrected chi connectivity index (χ2v) is 3.84. The van der Waals surface area contributed by atoms with E-state index in [4.69, 9.17) is 9.15 Å². The summed E-state index contributed by atoms with van der Waals surface area (Å²) >= 11 is 0. The van der Waals surface area contributed by atoms with Crippen molar-refractivity contribution in [3.63, 3.8) is 0 Å². The zero-order chi connectivity index (χ0) is 13.7. The summed E-state index contributed by atoms with van der Waals surface area (Å²) < 4.78 is 10.3. The van der Waals surface area contributed by atoms with Crippen LogP contribution in [0.25, 0.3) is 11.0 Å². The smallest absolute Gasteiger partial charge is 0.336 e. The molecule has 1 aromatic heterocycles. The lowest BCUT2D eigenvalue weighted by atomic mass is 10.2. The maximum atomic E-state index is 11.3. The Balaban J connectivity index is 2.07. The predicted molar refractivity (Wildman–Crippen MR) is 71.2 cm³/mol. The zero-order valence-electron chi connectivity index (χ0n) is 10.2. The monoisotopic (exact) mass is 259 g/mol. The SMILES string of the molecule is C=CCNC(=O)COc1ccc2ccc(=O)oc2c1. The van der Waals surface area contributed by atoms with E-state index in [1.165, 1.54) is 6.07 Å². The lowest BCUT2D eigenvalue weighted by molar-refractivity contribution is -0.122. The Kier molecular flexibility index (Phi) is 3.97. The highest BCUT2D eigenvalue weighted by Crippen LogP contribution is 2.19. The number of ether oxygens (including phenoxy) is 1. The van der Waals surface area contributed by atoms with Crippen molar-refractivity contribution >= 4 is 16.9 Å². The molecule has 0 spiro atoms. The molecule has 1 heterocycles. The van der Waals surface area contributed by atoms with Crippen LogP contribution in [0.5, 0.6) is 5.75 Å². The van der Waals surface area contributed by atoms with Crippen molar-refractivity contribution in [2.45, 2.75) is 0 Å². The third kappa shape index (κ3) is 3.45. The first-order valence-electron chi connectivity index (χ1n) is 5.73. The third-order valence-electron chi connectivity index (χ3n) is 2.41. The fourth-order valence-electron chi connectivity index (χ4n) is 1.52. The van der Waals surface area contributed by atoms with Crippen molar-refractivity contribution in [1.82, 2.24) is 5.32 Å². The van der Waals surface area contributed by atoms with Crippen LogP contribution < -0.4 is 15.7 Å². The normalized spacial score (nSPS) is 10.1. The Morgan fingerprint density at radius 2 is 2.16 bits per heavy atom. The second-order valence-electron chi connectivity index (χ2n) is 3.84. The molecular formula is C14H13NO4. The molecule has 0 aliphatic carbocycles. The minimum Gasteiger partial charge on any atom is -0.484 e. The number of nitrogens with one attached hydrogen (secondary N) is 1. The summed E-state index contributed by atoms with van der Waals surface area (Å²) in [4.78, 5) is 22.4. The van der Waals surface area contributed by atoms with Crippen molar-refractivity contribution in [1.29, 1.82) is 0 Å². The Morgan fingerprint density at radius 3 is 2.95 bits per heavy atom. The van der Waals surface area contributed by atoms with E-state index in [9.17, 15) is 9.59 Å². The van der Waals surface area contributed by atoms with Crippen LogP contribution in [-0.2, 0) is 4.79 Å². The van der Waals surface area contributed by atoms with E-state index in [2.05, 4.69) is 11.9 Å². The van der Waals surface area contributed by atoms with E-state index in [1.807, 2.05) is 0 Å². The van der Waals surface area contributed by atoms with Gasteiger partial charge in [0.25, 0.3) is 5.91 Å². The van der Waals surface area contributed by atoms with E-state index in [-0.39, 0.29) is 12.5 Å². The first-order chi connectivity index (χ1) is 9.19. The first-order valence-corrected chi connectivity index (χ1v) is 5.73. The Hall–Kier alpha value is -2.56. The average Bonchev–Trinajstić information content (AvgIpc) is 2.42. The number of amides is 1. The number of benzene rings is 1. The topological polar surface area (TPSA) is 68.5 Å². The van der Waals surface area contributed by atoms with Gasteiger partial charge in [-0.05, 0) is 18.2 Å². The van der Waals surface area contributed by atoms with Crippen molar-refractivity contribution in [2.24, 2.45) is 0 Å². The molecular weight excluding hydrogens is 246 g/mol. The maximum Gasteiger partial charge on any atom is 0.336 e. The molecule has 5 nitrogen and oxygen atoms in total. The summed E-state index contributed by atoms with van der Waals surface area (Å²) in [5, 5.41) is 3.39. The molecule has 0 atom stereocenters. The van der Waals surface area contributed by atoms with Crippen LogP contribution in [0.15, 0.2) is 52.2 Å². The summed E-state index contributed by atoms with van der Waals surface area (Å²) in [5.74, 6) is 0.227. The molecule has 19 heavy (non-hydrogen) atoms. The molecule has 0 aliphatic heterocycles. The molecule has 2 aromatic rings. The van der Waals surface area contributed by atoms with Gasteiger partial charge in [-0.15, -0.1) is 6.58 Å². The molecule has 0 unspecified atom stereocenters. The average molecular weight is 259 g/mol. The number of carbonyl (C=O) groups excluding carboxylic acids is 1. The fourth-order valence-corrected chi connectivity index (χ4v) is 1.52. The molecule has 0 bridgehead atoms. The molecule has 0 aliphatic rings. The van der Waals surface area contributed by atoms with E-state index >= 15 is 0 Å². The third-order valence-corrected chi connectivity index (χ3v) is 2.41. The Labute approximate surface area is 109 Å². The lowest BCUT2D eigenvalue weighted by Crippen LogP contribution is -2.28. The van der Waals surface area contributed by atoms with Crippen LogP contribution in [0.1, 0.15) is 0 Å². The first kappa shape index (κ1) is 12.9. The fraction of sp³-hybridized carbons (Fsp3) is 0.143. The highest BCUT2D eigenvalue weighted by atomic mass is 16.5. The molecule has 0 radical (unpaired) electrons. The van der Waals surface area contributed by atoms with Gasteiger partial charge in [-0.3, -0.25) is 4.79 Å². The van der Waals surface area contributed by atoms with Crippen LogP contribution >= 0.6 is 0 Å². The number of rotatable bonds is 5. The number of hydrogen-bond acceptors (Lipinski definition) is 4. The summed E-state index contributed by atoms with van der Waals surface area (Å²) in [6.45, 7) is 3.79. The Bertz CT molecular complexity index is 660. The van der Waals surface area contributed by atoms with Gasteiger partial charge in [0.15, 0.2) is 6.61 Å². The molecule has 1 amide bonds. The van der Waals surface area contributed by atoms with E-state index < -0.39 is 5.63 Å². The molecule has 0 saturated carbocycles. The van der Waals surface area contributed by atoms with E-state index in [1.54, 1.807) is 30.3 Å². The standard InChI is InChI=1S/C14H13NO4/c1-2-7-15-13(16)9-18-11-5-3-10-4-6-14(17)19-12(10)8-11/h2-6,8H,1,7,9H2,(H,15,16). The van der Waals surface area contributed by atoms with E-state index in [0.717, 1.165) is 5.39 Å². The summed E-state index contributed by atoms with van der Waals surface area (Å²) in [6.07, 6.45) is 1.59. The van der Waals surface area contributed by atoms with Crippen LogP contribution in [-0.4, -0.2) is 19.1 Å². The van der Waals surface area contributed by atoms with E-state index in [0.29, 0.717) is 17.9 Å². The van der Waals surface area contributed by atoms with Gasteiger partial charge in [-0.1, -0.05) is 6.08 Å². The van der Waals surface area contributed by atoms with Crippen molar-refractivity contribution in [3.8, 4) is 5.75 Å². The molecule has 98 valence electrons. The van der Waals surface area contributed by atoms with Gasteiger partial charge in [-0.2, -0.15) is 0 Å². The van der Waals surface area contributed by atoms with Gasteiger partial charge in [0.05, 0.1) is 0 Å². The number of fused-ring (bicyclic) bond motifs is 1. The number of hydrogen-bond donors (Lipinski definition) is 1. The Morgan fingerprint density at radius 1 is 1.37 bits per heavy atom. The van der Waals surface area contributed by atoms with Crippen LogP contribution in [0.3, 0.4) is 0 Å². The minimum absolute atomic E-state index is 0.101. The second kappa shape index (κ2) is 5.86. The largest absolute Gasteiger partial charge is 0.484 e. The molecule has 1 aromatic carbocycles. The summed E-state index contributed by atoms with van der Waals surface area (Å²) in [7, 11) is 0. The number of carbonyl (C=O) groups is 1. The van der Waals surface area contributed by atoms with Gasteiger partial charge in [0.2, 0.25) is 0 Å². The van der Waals surface area contributed by atoms with Gasteiger partial charge in [0.1, 0.15) is 11.3 Å². The maximum absolute atomic E-state index is 11.3. The molecule has 5 heteroatoms. The summed E-state index contributed by atoms with van der Waals surface area (Å²) in [5.41, 5.74) is 0.00451. The van der Waals surface area contributed by atoms with Crippen LogP contribution in [0, 0.1) is 0 Å². The van der Waals surface area contributed by atoms with Crippen molar-refractivity contribution in [3.05, 3.63) is 53.4 Å². The highest BCUT2D eigenvalue weighted by molar-refractivity contribution is 5.79. The quantitative estimate of drug-likeness (QED) is 0.652. The highest BCUT2D eigenvalue weighted by Gasteiger charge is 2.03. The zero-order valence-corrected chi connectivity index (χ0v) is 10.2. The van der Waals surface area contributed by atoms with Crippen LogP contribution in [0.2, 0.25) is 0 Å². The molecule has 0 saturated heterocycles.